The van der Waals surface area contributed by atoms with E-state index in [2.05, 4.69) is 4.98 Å². The summed E-state index contributed by atoms with van der Waals surface area (Å²) in [6.07, 6.45) is 1.24. The number of anilines is 1. The molecule has 3 rings (SSSR count). The van der Waals surface area contributed by atoms with Crippen LogP contribution in [0.1, 0.15) is 21.5 Å². The molecule has 0 saturated carbocycles. The second-order valence-electron chi connectivity index (χ2n) is 5.97. The van der Waals surface area contributed by atoms with Gasteiger partial charge in [0, 0.05) is 6.20 Å². The molecule has 0 fully saturated rings. The first-order valence-electron chi connectivity index (χ1n) is 8.28. The van der Waals surface area contributed by atoms with E-state index in [1.165, 1.54) is 36.5 Å². The quantitative estimate of drug-likeness (QED) is 0.642. The molecule has 0 atom stereocenters. The van der Waals surface area contributed by atoms with Crippen LogP contribution in [0.3, 0.4) is 0 Å². The highest BCUT2D eigenvalue weighted by Gasteiger charge is 2.28. The Labute approximate surface area is 172 Å². The van der Waals surface area contributed by atoms with Crippen LogP contribution in [0.2, 0.25) is 5.02 Å². The van der Waals surface area contributed by atoms with Gasteiger partial charge in [0.15, 0.2) is 5.82 Å². The number of halogens is 1. The lowest BCUT2D eigenvalue weighted by Gasteiger charge is -2.24. The molecule has 1 heterocycles. The van der Waals surface area contributed by atoms with Gasteiger partial charge in [-0.05, 0) is 35.9 Å². The van der Waals surface area contributed by atoms with Crippen molar-refractivity contribution in [3.63, 3.8) is 0 Å². The summed E-state index contributed by atoms with van der Waals surface area (Å²) in [5, 5.41) is 18.0. The fraction of sp³-hybridized carbons (Fsp3) is 0.0500. The van der Waals surface area contributed by atoms with Gasteiger partial charge in [-0.25, -0.2) is 22.5 Å². The van der Waals surface area contributed by atoms with E-state index in [9.17, 15) is 13.2 Å². The number of carboxylic acid groups (broad SMARTS) is 1. The number of benzene rings is 2. The number of nitriles is 1. The van der Waals surface area contributed by atoms with Crippen molar-refractivity contribution in [2.45, 2.75) is 11.4 Å². The number of carbonyl (C=O) groups is 1. The van der Waals surface area contributed by atoms with Gasteiger partial charge in [-0.1, -0.05) is 41.9 Å². The van der Waals surface area contributed by atoms with Crippen molar-refractivity contribution in [2.75, 3.05) is 4.31 Å². The molecule has 0 aliphatic carbocycles. The van der Waals surface area contributed by atoms with Gasteiger partial charge in [-0.15, -0.1) is 0 Å². The zero-order valence-electron chi connectivity index (χ0n) is 14.9. The van der Waals surface area contributed by atoms with Crippen LogP contribution in [-0.4, -0.2) is 24.5 Å². The van der Waals surface area contributed by atoms with Crippen LogP contribution in [-0.2, 0) is 16.6 Å². The molecule has 0 aliphatic heterocycles. The summed E-state index contributed by atoms with van der Waals surface area (Å²) in [7, 11) is -4.13. The van der Waals surface area contributed by atoms with Crippen LogP contribution in [0.25, 0.3) is 0 Å². The second-order valence-corrected chi connectivity index (χ2v) is 8.24. The average Bonchev–Trinajstić information content (AvgIpc) is 2.73. The van der Waals surface area contributed by atoms with Crippen molar-refractivity contribution in [2.24, 2.45) is 0 Å². The van der Waals surface area contributed by atoms with E-state index in [-0.39, 0.29) is 33.4 Å². The minimum atomic E-state index is -4.13. The number of nitrogens with zero attached hydrogens (tertiary/aromatic N) is 3. The van der Waals surface area contributed by atoms with Gasteiger partial charge in [-0.2, -0.15) is 5.26 Å². The fourth-order valence-electron chi connectivity index (χ4n) is 2.60. The fourth-order valence-corrected chi connectivity index (χ4v) is 4.34. The van der Waals surface area contributed by atoms with Crippen LogP contribution in [0.4, 0.5) is 5.82 Å². The molecule has 0 bridgehead atoms. The first kappa shape index (κ1) is 20.3. The number of aromatic nitrogens is 1. The first-order valence-corrected chi connectivity index (χ1v) is 10.1. The maximum atomic E-state index is 13.3. The number of carboxylic acids is 1. The highest BCUT2D eigenvalue weighted by Crippen LogP contribution is 2.31. The molecule has 0 spiro atoms. The third-order valence-corrected chi connectivity index (χ3v) is 6.07. The maximum Gasteiger partial charge on any atom is 0.335 e. The monoisotopic (exact) mass is 427 g/mol. The molecule has 1 N–H and O–H groups in total. The average molecular weight is 428 g/mol. The minimum Gasteiger partial charge on any atom is -0.478 e. The van der Waals surface area contributed by atoms with E-state index in [1.807, 2.05) is 6.07 Å². The Balaban J connectivity index is 2.11. The van der Waals surface area contributed by atoms with Crippen LogP contribution in [0, 0.1) is 11.3 Å². The van der Waals surface area contributed by atoms with Gasteiger partial charge in [-0.3, -0.25) is 0 Å². The number of aromatic carboxylic acids is 1. The van der Waals surface area contributed by atoms with E-state index < -0.39 is 16.0 Å². The SMILES string of the molecule is N#Cc1cnc(N(Cc2ccccc2)S(=O)(=O)c2ccc(C(=O)O)cc2)c(Cl)c1. The molecule has 2 aromatic carbocycles. The Hall–Kier alpha value is -3.41. The molecular formula is C20H14ClN3O4S. The molecule has 7 nitrogen and oxygen atoms in total. The predicted molar refractivity (Wildman–Crippen MR) is 107 cm³/mol. The Morgan fingerprint density at radius 1 is 1.14 bits per heavy atom. The second kappa shape index (κ2) is 8.31. The number of sulfonamides is 1. The van der Waals surface area contributed by atoms with Crippen LogP contribution in [0.15, 0.2) is 71.8 Å². The molecule has 146 valence electrons. The molecule has 0 unspecified atom stereocenters. The highest BCUT2D eigenvalue weighted by atomic mass is 35.5. The molecule has 29 heavy (non-hydrogen) atoms. The molecule has 9 heteroatoms. The third kappa shape index (κ3) is 4.37. The van der Waals surface area contributed by atoms with Crippen LogP contribution in [0.5, 0.6) is 0 Å². The van der Waals surface area contributed by atoms with Crippen LogP contribution >= 0.6 is 11.6 Å². The Kier molecular flexibility index (Phi) is 5.82. The van der Waals surface area contributed by atoms with Crippen molar-refractivity contribution >= 4 is 33.4 Å². The largest absolute Gasteiger partial charge is 0.478 e. The lowest BCUT2D eigenvalue weighted by atomic mass is 10.2. The predicted octanol–water partition coefficient (Wildman–Crippen LogP) is 3.70. The first-order chi connectivity index (χ1) is 13.8. The van der Waals surface area contributed by atoms with E-state index in [0.717, 1.165) is 4.31 Å². The molecule has 1 aromatic heterocycles. The number of rotatable bonds is 6. The van der Waals surface area contributed by atoms with Gasteiger partial charge < -0.3 is 5.11 Å². The van der Waals surface area contributed by atoms with Crippen molar-refractivity contribution in [3.05, 3.63) is 88.6 Å². The summed E-state index contributed by atoms with van der Waals surface area (Å²) in [5.74, 6) is -1.19. The Morgan fingerprint density at radius 2 is 1.79 bits per heavy atom. The van der Waals surface area contributed by atoms with Crippen molar-refractivity contribution in [1.82, 2.24) is 4.98 Å². The van der Waals surface area contributed by atoms with Crippen molar-refractivity contribution in [1.29, 1.82) is 5.26 Å². The van der Waals surface area contributed by atoms with Gasteiger partial charge in [0.05, 0.1) is 27.6 Å². The van der Waals surface area contributed by atoms with Gasteiger partial charge >= 0.3 is 5.97 Å². The van der Waals surface area contributed by atoms with Crippen molar-refractivity contribution < 1.29 is 18.3 Å². The lowest BCUT2D eigenvalue weighted by Crippen LogP contribution is -2.31. The topological polar surface area (TPSA) is 111 Å². The molecule has 0 radical (unpaired) electrons. The zero-order valence-corrected chi connectivity index (χ0v) is 16.4. The molecular weight excluding hydrogens is 414 g/mol. The normalized spacial score (nSPS) is 10.9. The van der Waals surface area contributed by atoms with Crippen molar-refractivity contribution in [3.8, 4) is 6.07 Å². The summed E-state index contributed by atoms with van der Waals surface area (Å²) in [4.78, 5) is 15.0. The summed E-state index contributed by atoms with van der Waals surface area (Å²) in [5.41, 5.74) is 0.857. The van der Waals surface area contributed by atoms with Gasteiger partial charge in [0.25, 0.3) is 10.0 Å². The number of hydrogen-bond acceptors (Lipinski definition) is 5. The summed E-state index contributed by atoms with van der Waals surface area (Å²) in [6, 6.07) is 17.0. The van der Waals surface area contributed by atoms with Crippen LogP contribution < -0.4 is 4.31 Å². The number of hydrogen-bond donors (Lipinski definition) is 1. The number of pyridine rings is 1. The lowest BCUT2D eigenvalue weighted by molar-refractivity contribution is 0.0696. The summed E-state index contributed by atoms with van der Waals surface area (Å²) in [6.45, 7) is -0.0531. The van der Waals surface area contributed by atoms with E-state index in [4.69, 9.17) is 22.0 Å². The Morgan fingerprint density at radius 3 is 2.34 bits per heavy atom. The minimum absolute atomic E-state index is 0.00529. The van der Waals surface area contributed by atoms with E-state index in [1.54, 1.807) is 30.3 Å². The Bertz CT molecular complexity index is 1190. The molecule has 0 aliphatic rings. The highest BCUT2D eigenvalue weighted by molar-refractivity contribution is 7.92. The molecule has 0 amide bonds. The maximum absolute atomic E-state index is 13.3. The van der Waals surface area contributed by atoms with Gasteiger partial charge in [0.1, 0.15) is 6.07 Å². The zero-order chi connectivity index (χ0) is 21.0. The van der Waals surface area contributed by atoms with E-state index in [0.29, 0.717) is 5.56 Å². The standard InChI is InChI=1S/C20H14ClN3O4S/c21-18-10-15(11-22)12-23-19(18)24(13-14-4-2-1-3-5-14)29(27,28)17-8-6-16(7-9-17)20(25)26/h1-10,12H,13H2,(H,25,26). The summed E-state index contributed by atoms with van der Waals surface area (Å²) >= 11 is 6.23. The smallest absolute Gasteiger partial charge is 0.335 e. The summed E-state index contributed by atoms with van der Waals surface area (Å²) < 4.78 is 27.7. The van der Waals surface area contributed by atoms with Gasteiger partial charge in [0.2, 0.25) is 0 Å². The molecule has 3 aromatic rings. The van der Waals surface area contributed by atoms with E-state index >= 15 is 0 Å². The third-order valence-electron chi connectivity index (χ3n) is 4.05. The molecule has 0 saturated heterocycles.